The van der Waals surface area contributed by atoms with E-state index in [-0.39, 0.29) is 23.2 Å². The van der Waals surface area contributed by atoms with Gasteiger partial charge < -0.3 is 10.2 Å². The molecule has 0 saturated carbocycles. The number of nitrogens with one attached hydrogen (secondary N) is 1. The van der Waals surface area contributed by atoms with Gasteiger partial charge in [-0.2, -0.15) is 5.10 Å². The Morgan fingerprint density at radius 3 is 2.63 bits per heavy atom. The summed E-state index contributed by atoms with van der Waals surface area (Å²) >= 11 is 6.20. The van der Waals surface area contributed by atoms with Crippen molar-refractivity contribution >= 4 is 23.4 Å². The summed E-state index contributed by atoms with van der Waals surface area (Å²) in [5.74, 6) is -0.132. The summed E-state index contributed by atoms with van der Waals surface area (Å²) in [6.07, 6.45) is 0.813. The number of hydrogen-bond acceptors (Lipinski definition) is 4. The Morgan fingerprint density at radius 2 is 1.90 bits per heavy atom. The van der Waals surface area contributed by atoms with E-state index in [9.17, 15) is 9.59 Å². The zero-order valence-electron chi connectivity index (χ0n) is 16.9. The molecule has 1 aliphatic rings. The number of pyridine rings is 1. The Balaban J connectivity index is 1.43. The average molecular weight is 424 g/mol. The van der Waals surface area contributed by atoms with Gasteiger partial charge in [-0.05, 0) is 49.6 Å². The smallest absolute Gasteiger partial charge is 0.271 e. The number of carbonyl (C=O) groups is 2. The molecule has 1 N–H and O–H groups in total. The van der Waals surface area contributed by atoms with Crippen molar-refractivity contribution < 1.29 is 9.59 Å². The zero-order valence-corrected chi connectivity index (χ0v) is 17.6. The Kier molecular flexibility index (Phi) is 5.55. The Hall–Kier alpha value is -3.19. The molecule has 1 aromatic carbocycles. The van der Waals surface area contributed by atoms with E-state index in [1.807, 2.05) is 38.1 Å². The normalized spacial score (nSPS) is 13.1. The van der Waals surface area contributed by atoms with Crippen molar-refractivity contribution in [1.82, 2.24) is 25.0 Å². The lowest BCUT2D eigenvalue weighted by atomic mass is 10.00. The van der Waals surface area contributed by atoms with Crippen LogP contribution in [0, 0.1) is 13.8 Å². The van der Waals surface area contributed by atoms with Gasteiger partial charge in [0.25, 0.3) is 5.91 Å². The van der Waals surface area contributed by atoms with E-state index in [0.717, 1.165) is 23.4 Å². The Labute approximate surface area is 179 Å². The van der Waals surface area contributed by atoms with Gasteiger partial charge in [0.05, 0.1) is 17.3 Å². The first-order valence-corrected chi connectivity index (χ1v) is 10.1. The molecule has 0 bridgehead atoms. The minimum Gasteiger partial charge on any atom is -0.342 e. The molecule has 8 heteroatoms. The van der Waals surface area contributed by atoms with Crippen molar-refractivity contribution in [3.8, 4) is 5.82 Å². The van der Waals surface area contributed by atoms with E-state index in [2.05, 4.69) is 21.5 Å². The molecule has 154 valence electrons. The topological polar surface area (TPSA) is 80.1 Å². The van der Waals surface area contributed by atoms with Crippen molar-refractivity contribution in [2.45, 2.75) is 26.8 Å². The maximum absolute atomic E-state index is 12.7. The monoisotopic (exact) mass is 423 g/mol. The van der Waals surface area contributed by atoms with E-state index < -0.39 is 5.91 Å². The van der Waals surface area contributed by atoms with Crippen LogP contribution in [-0.2, 0) is 17.8 Å². The van der Waals surface area contributed by atoms with Gasteiger partial charge in [-0.25, -0.2) is 9.67 Å². The summed E-state index contributed by atoms with van der Waals surface area (Å²) in [5.41, 5.74) is 4.23. The number of halogens is 1. The highest BCUT2D eigenvalue weighted by Gasteiger charge is 2.22. The molecule has 7 nitrogen and oxygen atoms in total. The van der Waals surface area contributed by atoms with Gasteiger partial charge in [0.1, 0.15) is 5.69 Å². The quantitative estimate of drug-likeness (QED) is 0.699. The van der Waals surface area contributed by atoms with Crippen LogP contribution in [-0.4, -0.2) is 44.6 Å². The van der Waals surface area contributed by atoms with Crippen LogP contribution in [0.15, 0.2) is 42.5 Å². The Bertz CT molecular complexity index is 1120. The number of hydrogen-bond donors (Lipinski definition) is 1. The SMILES string of the molecule is Cc1cc(C)n(-c2ccc(Cl)c(C(=O)NCC(=O)N3CCc4ccccc4C3)n2)n1. The molecular formula is C22H22ClN5O2. The molecule has 2 aromatic heterocycles. The second-order valence-electron chi connectivity index (χ2n) is 7.36. The van der Waals surface area contributed by atoms with Crippen LogP contribution < -0.4 is 5.32 Å². The van der Waals surface area contributed by atoms with Gasteiger partial charge in [0.2, 0.25) is 5.91 Å². The van der Waals surface area contributed by atoms with Crippen molar-refractivity contribution in [2.75, 3.05) is 13.1 Å². The summed E-state index contributed by atoms with van der Waals surface area (Å²) < 4.78 is 1.65. The molecule has 0 unspecified atom stereocenters. The highest BCUT2D eigenvalue weighted by molar-refractivity contribution is 6.33. The second-order valence-corrected chi connectivity index (χ2v) is 7.76. The van der Waals surface area contributed by atoms with Gasteiger partial charge in [-0.15, -0.1) is 0 Å². The lowest BCUT2D eigenvalue weighted by Crippen LogP contribution is -2.42. The van der Waals surface area contributed by atoms with Crippen LogP contribution in [0.2, 0.25) is 5.02 Å². The van der Waals surface area contributed by atoms with Crippen LogP contribution >= 0.6 is 11.6 Å². The zero-order chi connectivity index (χ0) is 21.3. The van der Waals surface area contributed by atoms with Crippen LogP contribution in [0.1, 0.15) is 33.0 Å². The fraction of sp³-hybridized carbons (Fsp3) is 0.273. The molecule has 0 aliphatic carbocycles. The average Bonchev–Trinajstić information content (AvgIpc) is 3.09. The fourth-order valence-corrected chi connectivity index (χ4v) is 3.82. The number of rotatable bonds is 4. The predicted molar refractivity (Wildman–Crippen MR) is 114 cm³/mol. The molecule has 0 radical (unpaired) electrons. The molecule has 4 rings (SSSR count). The molecule has 0 atom stereocenters. The number of carbonyl (C=O) groups excluding carboxylic acids is 2. The van der Waals surface area contributed by atoms with Gasteiger partial charge in [0.15, 0.2) is 5.82 Å². The van der Waals surface area contributed by atoms with E-state index in [1.165, 1.54) is 5.56 Å². The van der Waals surface area contributed by atoms with Gasteiger partial charge >= 0.3 is 0 Å². The molecular weight excluding hydrogens is 402 g/mol. The van der Waals surface area contributed by atoms with Crippen molar-refractivity contribution in [2.24, 2.45) is 0 Å². The number of nitrogens with zero attached hydrogens (tertiary/aromatic N) is 4. The van der Waals surface area contributed by atoms with Crippen LogP contribution in [0.3, 0.4) is 0 Å². The van der Waals surface area contributed by atoms with Crippen LogP contribution in [0.4, 0.5) is 0 Å². The Morgan fingerprint density at radius 1 is 1.13 bits per heavy atom. The lowest BCUT2D eigenvalue weighted by molar-refractivity contribution is -0.131. The summed E-state index contributed by atoms with van der Waals surface area (Å²) in [4.78, 5) is 31.4. The third kappa shape index (κ3) is 4.07. The summed E-state index contributed by atoms with van der Waals surface area (Å²) in [7, 11) is 0. The van der Waals surface area contributed by atoms with Crippen LogP contribution in [0.5, 0.6) is 0 Å². The van der Waals surface area contributed by atoms with Crippen molar-refractivity contribution in [3.63, 3.8) is 0 Å². The number of aryl methyl sites for hydroxylation is 2. The van der Waals surface area contributed by atoms with Gasteiger partial charge in [0, 0.05) is 18.8 Å². The third-order valence-electron chi connectivity index (χ3n) is 5.16. The number of fused-ring (bicyclic) bond motifs is 1. The fourth-order valence-electron chi connectivity index (χ4n) is 3.63. The molecule has 0 fully saturated rings. The second kappa shape index (κ2) is 8.28. The molecule has 1 aliphatic heterocycles. The molecule has 30 heavy (non-hydrogen) atoms. The molecule has 2 amide bonds. The first kappa shape index (κ1) is 20.1. The summed E-state index contributed by atoms with van der Waals surface area (Å²) in [6.45, 7) is 4.88. The van der Waals surface area contributed by atoms with E-state index in [0.29, 0.717) is 18.9 Å². The number of benzene rings is 1. The van der Waals surface area contributed by atoms with E-state index in [4.69, 9.17) is 11.6 Å². The molecule has 3 aromatic rings. The number of aromatic nitrogens is 3. The minimum atomic E-state index is -0.492. The lowest BCUT2D eigenvalue weighted by Gasteiger charge is -2.29. The van der Waals surface area contributed by atoms with Gasteiger partial charge in [-0.1, -0.05) is 35.9 Å². The van der Waals surface area contributed by atoms with Crippen LogP contribution in [0.25, 0.3) is 5.82 Å². The largest absolute Gasteiger partial charge is 0.342 e. The first-order chi connectivity index (χ1) is 14.4. The maximum Gasteiger partial charge on any atom is 0.271 e. The highest BCUT2D eigenvalue weighted by Crippen LogP contribution is 2.19. The number of amides is 2. The van der Waals surface area contributed by atoms with E-state index >= 15 is 0 Å². The summed E-state index contributed by atoms with van der Waals surface area (Å²) in [5, 5.41) is 7.26. The highest BCUT2D eigenvalue weighted by atomic mass is 35.5. The first-order valence-electron chi connectivity index (χ1n) is 9.75. The molecule has 3 heterocycles. The summed E-state index contributed by atoms with van der Waals surface area (Å²) in [6, 6.07) is 13.3. The third-order valence-corrected chi connectivity index (χ3v) is 5.46. The van der Waals surface area contributed by atoms with Gasteiger partial charge in [-0.3, -0.25) is 9.59 Å². The maximum atomic E-state index is 12.7. The molecule has 0 saturated heterocycles. The predicted octanol–water partition coefficient (Wildman–Crippen LogP) is 2.85. The van der Waals surface area contributed by atoms with Crippen molar-refractivity contribution in [1.29, 1.82) is 0 Å². The minimum absolute atomic E-state index is 0.0681. The standard InChI is InChI=1S/C22H22ClN5O2/c1-14-11-15(2)28(26-14)19-8-7-18(23)21(25-19)22(30)24-12-20(29)27-10-9-16-5-3-4-6-17(16)13-27/h3-8,11H,9-10,12-13H2,1-2H3,(H,24,30). The van der Waals surface area contributed by atoms with Crippen molar-refractivity contribution in [3.05, 3.63) is 75.7 Å². The van der Waals surface area contributed by atoms with E-state index in [1.54, 1.807) is 21.7 Å². The molecule has 0 spiro atoms.